The molecule has 3 nitrogen and oxygen atoms in total. The van der Waals surface area contributed by atoms with E-state index in [2.05, 4.69) is 27.9 Å². The van der Waals surface area contributed by atoms with Gasteiger partial charge < -0.3 is 0 Å². The number of aryl methyl sites for hydroxylation is 1. The van der Waals surface area contributed by atoms with Crippen LogP contribution in [0.3, 0.4) is 0 Å². The third-order valence-electron chi connectivity index (χ3n) is 4.17. The summed E-state index contributed by atoms with van der Waals surface area (Å²) in [6.07, 6.45) is 2.61. The Labute approximate surface area is 181 Å². The van der Waals surface area contributed by atoms with Gasteiger partial charge in [-0.3, -0.25) is 9.03 Å². The van der Waals surface area contributed by atoms with Crippen LogP contribution < -0.4 is 4.72 Å². The van der Waals surface area contributed by atoms with Crippen molar-refractivity contribution in [3.8, 4) is 0 Å². The maximum absolute atomic E-state index is 12.7. The Hall–Kier alpha value is -0.440. The molecule has 3 rings (SSSR count). The lowest BCUT2D eigenvalue weighted by Gasteiger charge is -2.13. The van der Waals surface area contributed by atoms with Crippen LogP contribution in [-0.2, 0) is 11.0 Å². The average Bonchev–Trinajstić information content (AvgIpc) is 3.26. The number of thiophene rings is 1. The monoisotopic (exact) mass is 458 g/mol. The molecule has 1 aliphatic heterocycles. The van der Waals surface area contributed by atoms with E-state index in [0.717, 1.165) is 25.6 Å². The predicted octanol–water partition coefficient (Wildman–Crippen LogP) is 6.33. The molecule has 1 atom stereocenters. The Kier molecular flexibility index (Phi) is 7.76. The van der Waals surface area contributed by atoms with Crippen molar-refractivity contribution in [1.82, 2.24) is 9.03 Å². The van der Waals surface area contributed by atoms with E-state index >= 15 is 0 Å². The SMILES string of the molecule is C=C(NS(=O)c1sc2ccc(Cl)cc2c1C)S/C=C(\C)CSN1CCCC1. The minimum atomic E-state index is -1.32. The highest BCUT2D eigenvalue weighted by Gasteiger charge is 2.15. The molecule has 0 aliphatic carbocycles. The van der Waals surface area contributed by atoms with Crippen LogP contribution in [-0.4, -0.2) is 27.4 Å². The Morgan fingerprint density at radius 3 is 2.93 bits per heavy atom. The van der Waals surface area contributed by atoms with Gasteiger partial charge in [0.25, 0.3) is 0 Å². The van der Waals surface area contributed by atoms with Crippen molar-refractivity contribution >= 4 is 67.7 Å². The van der Waals surface area contributed by atoms with Gasteiger partial charge in [-0.2, -0.15) is 0 Å². The molecule has 0 spiro atoms. The van der Waals surface area contributed by atoms with Gasteiger partial charge >= 0.3 is 0 Å². The number of halogens is 1. The van der Waals surface area contributed by atoms with Crippen molar-refractivity contribution in [1.29, 1.82) is 0 Å². The van der Waals surface area contributed by atoms with E-state index in [1.54, 1.807) is 0 Å². The number of nitrogens with zero attached hydrogens (tertiary/aromatic N) is 1. The largest absolute Gasteiger partial charge is 0.295 e. The maximum Gasteiger partial charge on any atom is 0.161 e. The van der Waals surface area contributed by atoms with Crippen LogP contribution in [0.2, 0.25) is 5.02 Å². The number of benzene rings is 1. The molecule has 2 heterocycles. The van der Waals surface area contributed by atoms with Gasteiger partial charge in [-0.15, -0.1) is 11.3 Å². The molecule has 0 saturated carbocycles. The molecular formula is C19H23ClN2OS4. The number of thioether (sulfide) groups is 1. The lowest BCUT2D eigenvalue weighted by molar-refractivity contribution is 0.587. The summed E-state index contributed by atoms with van der Waals surface area (Å²) in [5.41, 5.74) is 2.30. The fourth-order valence-corrected chi connectivity index (χ4v) is 7.15. The lowest BCUT2D eigenvalue weighted by Crippen LogP contribution is -2.13. The third-order valence-corrected chi connectivity index (χ3v) is 9.60. The zero-order valence-electron chi connectivity index (χ0n) is 15.4. The molecule has 1 fully saturated rings. The maximum atomic E-state index is 12.7. The number of hydrogen-bond donors (Lipinski definition) is 1. The Morgan fingerprint density at radius 1 is 1.44 bits per heavy atom. The number of hydrogen-bond acceptors (Lipinski definition) is 5. The molecule has 0 amide bonds. The van der Waals surface area contributed by atoms with Gasteiger partial charge in [0.15, 0.2) is 11.0 Å². The van der Waals surface area contributed by atoms with Crippen LogP contribution >= 0.6 is 46.6 Å². The van der Waals surface area contributed by atoms with E-state index in [0.29, 0.717) is 10.1 Å². The Balaban J connectivity index is 1.55. The van der Waals surface area contributed by atoms with Crippen molar-refractivity contribution in [3.05, 3.63) is 51.4 Å². The second-order valence-corrected chi connectivity index (χ2v) is 11.4. The minimum Gasteiger partial charge on any atom is -0.295 e. The molecule has 1 N–H and O–H groups in total. The van der Waals surface area contributed by atoms with Gasteiger partial charge in [0, 0.05) is 28.6 Å². The van der Waals surface area contributed by atoms with Crippen molar-refractivity contribution in [2.24, 2.45) is 0 Å². The summed E-state index contributed by atoms with van der Waals surface area (Å²) < 4.78 is 20.1. The molecule has 8 heteroatoms. The number of nitrogens with one attached hydrogen (secondary N) is 1. The Morgan fingerprint density at radius 2 is 2.19 bits per heavy atom. The second kappa shape index (κ2) is 9.85. The van der Waals surface area contributed by atoms with Crippen LogP contribution in [0.1, 0.15) is 25.3 Å². The van der Waals surface area contributed by atoms with E-state index in [1.807, 2.05) is 37.1 Å². The summed E-state index contributed by atoms with van der Waals surface area (Å²) in [4.78, 5) is 0. The van der Waals surface area contributed by atoms with Gasteiger partial charge in [0.2, 0.25) is 0 Å². The van der Waals surface area contributed by atoms with E-state index < -0.39 is 11.0 Å². The van der Waals surface area contributed by atoms with Crippen molar-refractivity contribution in [3.63, 3.8) is 0 Å². The first-order valence-electron chi connectivity index (χ1n) is 8.70. The molecule has 1 saturated heterocycles. The zero-order valence-corrected chi connectivity index (χ0v) is 19.4. The zero-order chi connectivity index (χ0) is 19.4. The highest BCUT2D eigenvalue weighted by atomic mass is 35.5. The van der Waals surface area contributed by atoms with Gasteiger partial charge in [-0.05, 0) is 61.2 Å². The van der Waals surface area contributed by atoms with Gasteiger partial charge in [0.1, 0.15) is 4.21 Å². The van der Waals surface area contributed by atoms with Crippen LogP contribution in [0, 0.1) is 6.92 Å². The van der Waals surface area contributed by atoms with E-state index in [9.17, 15) is 4.21 Å². The molecule has 27 heavy (non-hydrogen) atoms. The molecule has 0 radical (unpaired) electrons. The third kappa shape index (κ3) is 5.78. The molecule has 2 aromatic rings. The summed E-state index contributed by atoms with van der Waals surface area (Å²) in [5, 5.41) is 4.54. The first-order chi connectivity index (χ1) is 12.9. The smallest absolute Gasteiger partial charge is 0.161 e. The summed E-state index contributed by atoms with van der Waals surface area (Å²) in [7, 11) is -1.32. The van der Waals surface area contributed by atoms with Crippen LogP contribution in [0.15, 0.2) is 45.0 Å². The van der Waals surface area contributed by atoms with E-state index in [4.69, 9.17) is 11.6 Å². The van der Waals surface area contributed by atoms with Crippen LogP contribution in [0.4, 0.5) is 0 Å². The van der Waals surface area contributed by atoms with Crippen molar-refractivity contribution < 1.29 is 4.21 Å². The first-order valence-corrected chi connectivity index (χ1v) is 12.9. The average molecular weight is 459 g/mol. The highest BCUT2D eigenvalue weighted by molar-refractivity contribution is 8.06. The quantitative estimate of drug-likeness (QED) is 0.468. The topological polar surface area (TPSA) is 32.3 Å². The fraction of sp³-hybridized carbons (Fsp3) is 0.368. The number of rotatable bonds is 8. The molecule has 0 bridgehead atoms. The van der Waals surface area contributed by atoms with Crippen LogP contribution in [0.25, 0.3) is 10.1 Å². The lowest BCUT2D eigenvalue weighted by atomic mass is 10.2. The summed E-state index contributed by atoms with van der Waals surface area (Å²) >= 11 is 11.0. The van der Waals surface area contributed by atoms with Gasteiger partial charge in [-0.25, -0.2) is 4.21 Å². The van der Waals surface area contributed by atoms with Gasteiger partial charge in [0.05, 0.1) is 5.03 Å². The molecule has 1 aliphatic rings. The molecular weight excluding hydrogens is 436 g/mol. The second-order valence-electron chi connectivity index (χ2n) is 6.44. The van der Waals surface area contributed by atoms with Crippen molar-refractivity contribution in [2.45, 2.75) is 30.9 Å². The first kappa shape index (κ1) is 21.3. The normalized spacial score (nSPS) is 16.8. The summed E-state index contributed by atoms with van der Waals surface area (Å²) in [5.74, 6) is 0.986. The van der Waals surface area contributed by atoms with Crippen molar-refractivity contribution in [2.75, 3.05) is 18.8 Å². The van der Waals surface area contributed by atoms with E-state index in [1.165, 1.54) is 54.6 Å². The standard InChI is InChI=1S/C19H23ClN2OS4/c1-13(12-25-22-8-4-5-9-22)11-24-15(3)21-27(23)19-14(2)17-10-16(20)6-7-18(17)26-19/h6-7,10-11,21H,3-5,8-9,12H2,1-2H3/b13-11+. The molecule has 1 unspecified atom stereocenters. The molecule has 1 aromatic carbocycles. The van der Waals surface area contributed by atoms with E-state index in [-0.39, 0.29) is 0 Å². The highest BCUT2D eigenvalue weighted by Crippen LogP contribution is 2.34. The minimum absolute atomic E-state index is 0.689. The summed E-state index contributed by atoms with van der Waals surface area (Å²) in [6, 6.07) is 5.77. The number of fused-ring (bicyclic) bond motifs is 1. The molecule has 1 aromatic heterocycles. The molecule has 146 valence electrons. The Bertz CT molecular complexity index is 887. The van der Waals surface area contributed by atoms with Crippen LogP contribution in [0.5, 0.6) is 0 Å². The predicted molar refractivity (Wildman–Crippen MR) is 125 cm³/mol. The summed E-state index contributed by atoms with van der Waals surface area (Å²) in [6.45, 7) is 10.5. The fourth-order valence-electron chi connectivity index (χ4n) is 2.74. The van der Waals surface area contributed by atoms with Gasteiger partial charge in [-0.1, -0.05) is 47.5 Å².